The Hall–Kier alpha value is -3.33. The van der Waals surface area contributed by atoms with Crippen LogP contribution in [0.4, 0.5) is 19.6 Å². The number of hydrogen-bond acceptors (Lipinski definition) is 5. The number of carbonyl (C=O) groups is 2. The topological polar surface area (TPSA) is 80.3 Å². The van der Waals surface area contributed by atoms with E-state index in [0.717, 1.165) is 23.3 Å². The number of ether oxygens (including phenoxy) is 1. The van der Waals surface area contributed by atoms with Crippen LogP contribution in [0.2, 0.25) is 0 Å². The van der Waals surface area contributed by atoms with Crippen LogP contribution in [0, 0.1) is 12.8 Å². The van der Waals surface area contributed by atoms with Gasteiger partial charge in [0.05, 0.1) is 5.69 Å². The number of aryl methyl sites for hydroxylation is 1. The molecule has 2 amide bonds. The van der Waals surface area contributed by atoms with Gasteiger partial charge in [-0.3, -0.25) is 14.9 Å². The van der Waals surface area contributed by atoms with Crippen molar-refractivity contribution in [1.29, 1.82) is 0 Å². The van der Waals surface area contributed by atoms with Gasteiger partial charge in [-0.25, -0.2) is 4.98 Å². The molecule has 31 heavy (non-hydrogen) atoms. The first-order valence-corrected chi connectivity index (χ1v) is 10.5. The second-order valence-corrected chi connectivity index (χ2v) is 8.32. The van der Waals surface area contributed by atoms with Crippen LogP contribution in [0.5, 0.6) is 5.75 Å². The predicted molar refractivity (Wildman–Crippen MR) is 115 cm³/mol. The molecule has 1 aliphatic carbocycles. The highest BCUT2D eigenvalue weighted by Crippen LogP contribution is 2.32. The number of rotatable bonds is 7. The number of anilines is 2. The number of amides is 2. The smallest absolute Gasteiger partial charge is 0.387 e. The third-order valence-electron chi connectivity index (χ3n) is 4.73. The molecule has 6 nitrogen and oxygen atoms in total. The average molecular weight is 443 g/mol. The van der Waals surface area contributed by atoms with E-state index in [-0.39, 0.29) is 23.5 Å². The zero-order valence-corrected chi connectivity index (χ0v) is 17.3. The standard InChI is InChI=1S/C22H19F2N3O3S/c1-12-18(13-6-10-17(11-7-13)30-21(23)24)26-22(31-12)27-20(29)15-4-8-16(9-5-15)25-19(28)14-2-3-14/h4-11,14,21H,2-3H2,1H3,(H,25,28)(H,26,27,29). The van der Waals surface area contributed by atoms with Crippen LogP contribution < -0.4 is 15.4 Å². The average Bonchev–Trinajstić information content (AvgIpc) is 3.52. The summed E-state index contributed by atoms with van der Waals surface area (Å²) >= 11 is 1.32. The second kappa shape index (κ2) is 8.81. The summed E-state index contributed by atoms with van der Waals surface area (Å²) in [4.78, 5) is 29.7. The minimum Gasteiger partial charge on any atom is -0.435 e. The van der Waals surface area contributed by atoms with Gasteiger partial charge in [0, 0.05) is 27.6 Å². The van der Waals surface area contributed by atoms with Gasteiger partial charge in [-0.05, 0) is 68.3 Å². The van der Waals surface area contributed by atoms with Crippen molar-refractivity contribution in [1.82, 2.24) is 4.98 Å². The monoisotopic (exact) mass is 443 g/mol. The summed E-state index contributed by atoms with van der Waals surface area (Å²) in [5.74, 6) is -0.131. The molecule has 0 saturated heterocycles. The SMILES string of the molecule is Cc1sc(NC(=O)c2ccc(NC(=O)C3CC3)cc2)nc1-c1ccc(OC(F)F)cc1. The van der Waals surface area contributed by atoms with Crippen LogP contribution in [-0.2, 0) is 4.79 Å². The molecular weight excluding hydrogens is 424 g/mol. The normalized spacial score (nSPS) is 13.2. The van der Waals surface area contributed by atoms with Gasteiger partial charge in [0.1, 0.15) is 5.75 Å². The molecule has 160 valence electrons. The van der Waals surface area contributed by atoms with E-state index in [1.54, 1.807) is 36.4 Å². The van der Waals surface area contributed by atoms with E-state index in [4.69, 9.17) is 0 Å². The maximum absolute atomic E-state index is 12.6. The molecule has 1 heterocycles. The number of aromatic nitrogens is 1. The van der Waals surface area contributed by atoms with Crippen LogP contribution in [0.3, 0.4) is 0 Å². The summed E-state index contributed by atoms with van der Waals surface area (Å²) < 4.78 is 28.9. The summed E-state index contributed by atoms with van der Waals surface area (Å²) in [6.07, 6.45) is 1.85. The minimum absolute atomic E-state index is 0.0109. The summed E-state index contributed by atoms with van der Waals surface area (Å²) in [7, 11) is 0. The first kappa shape index (κ1) is 20.9. The van der Waals surface area contributed by atoms with Gasteiger partial charge in [-0.2, -0.15) is 8.78 Å². The van der Waals surface area contributed by atoms with Crippen molar-refractivity contribution in [3.63, 3.8) is 0 Å². The van der Waals surface area contributed by atoms with Crippen molar-refractivity contribution >= 4 is 34.0 Å². The number of nitrogens with one attached hydrogen (secondary N) is 2. The number of thiazole rings is 1. The third kappa shape index (κ3) is 5.24. The quantitative estimate of drug-likeness (QED) is 0.518. The highest BCUT2D eigenvalue weighted by atomic mass is 32.1. The molecule has 1 aromatic heterocycles. The minimum atomic E-state index is -2.88. The molecule has 1 aliphatic rings. The van der Waals surface area contributed by atoms with Crippen molar-refractivity contribution in [2.45, 2.75) is 26.4 Å². The van der Waals surface area contributed by atoms with Gasteiger partial charge in [-0.1, -0.05) is 0 Å². The van der Waals surface area contributed by atoms with Gasteiger partial charge < -0.3 is 10.1 Å². The Morgan fingerprint density at radius 1 is 1.06 bits per heavy atom. The second-order valence-electron chi connectivity index (χ2n) is 7.12. The van der Waals surface area contributed by atoms with Crippen LogP contribution in [0.1, 0.15) is 28.1 Å². The van der Waals surface area contributed by atoms with Crippen LogP contribution in [0.25, 0.3) is 11.3 Å². The van der Waals surface area contributed by atoms with Crippen molar-refractivity contribution in [3.05, 3.63) is 59.0 Å². The molecule has 1 saturated carbocycles. The lowest BCUT2D eigenvalue weighted by Gasteiger charge is -2.06. The molecule has 0 atom stereocenters. The van der Waals surface area contributed by atoms with Gasteiger partial charge in [0.25, 0.3) is 5.91 Å². The highest BCUT2D eigenvalue weighted by molar-refractivity contribution is 7.16. The lowest BCUT2D eigenvalue weighted by molar-refractivity contribution is -0.117. The molecule has 3 aromatic rings. The van der Waals surface area contributed by atoms with Gasteiger partial charge in [0.15, 0.2) is 5.13 Å². The van der Waals surface area contributed by atoms with E-state index in [2.05, 4.69) is 20.4 Å². The maximum atomic E-state index is 12.6. The Bertz CT molecular complexity index is 1090. The summed E-state index contributed by atoms with van der Waals surface area (Å²) in [6.45, 7) is -1.01. The number of alkyl halides is 2. The Kier molecular flexibility index (Phi) is 5.94. The fourth-order valence-electron chi connectivity index (χ4n) is 2.98. The number of hydrogen-bond donors (Lipinski definition) is 2. The number of benzene rings is 2. The summed E-state index contributed by atoms with van der Waals surface area (Å²) in [6, 6.07) is 12.8. The third-order valence-corrected chi connectivity index (χ3v) is 5.62. The molecule has 4 rings (SSSR count). The molecule has 1 fully saturated rings. The molecule has 0 unspecified atom stereocenters. The van der Waals surface area contributed by atoms with Gasteiger partial charge in [-0.15, -0.1) is 11.3 Å². The lowest BCUT2D eigenvalue weighted by Crippen LogP contribution is -2.14. The Balaban J connectivity index is 1.41. The van der Waals surface area contributed by atoms with Crippen molar-refractivity contribution in [2.75, 3.05) is 10.6 Å². The molecule has 0 aliphatic heterocycles. The van der Waals surface area contributed by atoms with Gasteiger partial charge >= 0.3 is 6.61 Å². The van der Waals surface area contributed by atoms with Gasteiger partial charge in [0.2, 0.25) is 5.91 Å². The summed E-state index contributed by atoms with van der Waals surface area (Å²) in [5.41, 5.74) is 2.47. The van der Waals surface area contributed by atoms with Crippen molar-refractivity contribution in [3.8, 4) is 17.0 Å². The molecule has 2 aromatic carbocycles. The number of nitrogens with zero attached hydrogens (tertiary/aromatic N) is 1. The molecular formula is C22H19F2N3O3S. The molecule has 0 bridgehead atoms. The highest BCUT2D eigenvalue weighted by Gasteiger charge is 2.29. The van der Waals surface area contributed by atoms with E-state index in [1.807, 2.05) is 6.92 Å². The van der Waals surface area contributed by atoms with E-state index < -0.39 is 6.61 Å². The fourth-order valence-corrected chi connectivity index (χ4v) is 3.81. The molecule has 0 radical (unpaired) electrons. The molecule has 2 N–H and O–H groups in total. The first-order chi connectivity index (χ1) is 14.9. The Morgan fingerprint density at radius 3 is 2.35 bits per heavy atom. The van der Waals surface area contributed by atoms with Crippen LogP contribution >= 0.6 is 11.3 Å². The first-order valence-electron chi connectivity index (χ1n) is 9.64. The van der Waals surface area contributed by atoms with E-state index in [9.17, 15) is 18.4 Å². The predicted octanol–water partition coefficient (Wildman–Crippen LogP) is 5.32. The zero-order valence-electron chi connectivity index (χ0n) is 16.5. The lowest BCUT2D eigenvalue weighted by atomic mass is 10.1. The fraction of sp³-hybridized carbons (Fsp3) is 0.227. The van der Waals surface area contributed by atoms with E-state index in [0.29, 0.717) is 22.1 Å². The maximum Gasteiger partial charge on any atom is 0.387 e. The van der Waals surface area contributed by atoms with E-state index in [1.165, 1.54) is 23.5 Å². The van der Waals surface area contributed by atoms with Crippen molar-refractivity contribution in [2.24, 2.45) is 5.92 Å². The molecule has 9 heteroatoms. The largest absolute Gasteiger partial charge is 0.435 e. The van der Waals surface area contributed by atoms with E-state index >= 15 is 0 Å². The van der Waals surface area contributed by atoms with Crippen LogP contribution in [-0.4, -0.2) is 23.4 Å². The molecule has 0 spiro atoms. The number of carbonyl (C=O) groups excluding carboxylic acids is 2. The van der Waals surface area contributed by atoms with Crippen LogP contribution in [0.15, 0.2) is 48.5 Å². The Labute approximate surface area is 181 Å². The summed E-state index contributed by atoms with van der Waals surface area (Å²) in [5, 5.41) is 6.03. The Morgan fingerprint density at radius 2 is 1.74 bits per heavy atom. The van der Waals surface area contributed by atoms with Crippen molar-refractivity contribution < 1.29 is 23.1 Å². The zero-order chi connectivity index (χ0) is 22.0. The number of halogens is 2.